The van der Waals surface area contributed by atoms with Crippen molar-refractivity contribution in [3.8, 4) is 0 Å². The molecule has 0 saturated heterocycles. The lowest BCUT2D eigenvalue weighted by molar-refractivity contribution is 0.0963. The molecule has 1 rings (SSSR count). The molecule has 1 N–H and O–H groups in total. The number of rotatable bonds is 2. The van der Waals surface area contributed by atoms with Crippen molar-refractivity contribution in [1.82, 2.24) is 5.32 Å². The first-order valence-corrected chi connectivity index (χ1v) is 3.90. The van der Waals surface area contributed by atoms with Crippen LogP contribution in [0, 0.1) is 0 Å². The molecule has 68 valence electrons. The third-order valence-electron chi connectivity index (χ3n) is 1.57. The first-order chi connectivity index (χ1) is 6.27. The molecule has 0 radical (unpaired) electrons. The molecule has 0 aliphatic heterocycles. The molecule has 0 atom stereocenters. The molecule has 0 fully saturated rings. The van der Waals surface area contributed by atoms with E-state index < -0.39 is 0 Å². The predicted octanol–water partition coefficient (Wildman–Crippen LogP) is 1.76. The quantitative estimate of drug-likeness (QED) is 0.687. The first-order valence-electron chi connectivity index (χ1n) is 3.90. The van der Waals surface area contributed by atoms with Gasteiger partial charge in [0, 0.05) is 19.7 Å². The van der Waals surface area contributed by atoms with Gasteiger partial charge < -0.3 is 5.32 Å². The lowest BCUT2D eigenvalue weighted by atomic mass is 10.2. The van der Waals surface area contributed by atoms with Gasteiger partial charge >= 0.3 is 0 Å². The van der Waals surface area contributed by atoms with Crippen LogP contribution in [0.2, 0.25) is 0 Å². The maximum absolute atomic E-state index is 11.1. The van der Waals surface area contributed by atoms with Gasteiger partial charge in [0.25, 0.3) is 5.91 Å². The Morgan fingerprint density at radius 3 is 2.38 bits per heavy atom. The SMILES string of the molecule is CN=Nc1ccc(C(=O)NC)cc1. The fourth-order valence-electron chi connectivity index (χ4n) is 0.939. The maximum Gasteiger partial charge on any atom is 0.251 e. The minimum Gasteiger partial charge on any atom is -0.355 e. The van der Waals surface area contributed by atoms with Crippen LogP contribution in [0.15, 0.2) is 34.5 Å². The minimum absolute atomic E-state index is 0.0972. The number of carbonyl (C=O) groups is 1. The van der Waals surface area contributed by atoms with Crippen molar-refractivity contribution in [2.45, 2.75) is 0 Å². The van der Waals surface area contributed by atoms with E-state index in [1.54, 1.807) is 38.4 Å². The van der Waals surface area contributed by atoms with E-state index >= 15 is 0 Å². The summed E-state index contributed by atoms with van der Waals surface area (Å²) in [4.78, 5) is 11.1. The van der Waals surface area contributed by atoms with Crippen LogP contribution in [0.25, 0.3) is 0 Å². The van der Waals surface area contributed by atoms with Crippen LogP contribution in [0.4, 0.5) is 5.69 Å². The highest BCUT2D eigenvalue weighted by molar-refractivity contribution is 5.94. The third kappa shape index (κ3) is 2.37. The second-order valence-electron chi connectivity index (χ2n) is 2.43. The van der Waals surface area contributed by atoms with Crippen molar-refractivity contribution in [2.75, 3.05) is 14.1 Å². The molecule has 0 aliphatic carbocycles. The Bertz CT molecular complexity index is 316. The van der Waals surface area contributed by atoms with Gasteiger partial charge in [-0.1, -0.05) is 0 Å². The summed E-state index contributed by atoms with van der Waals surface area (Å²) in [6, 6.07) is 6.92. The van der Waals surface area contributed by atoms with Crippen LogP contribution >= 0.6 is 0 Å². The average molecular weight is 177 g/mol. The van der Waals surface area contributed by atoms with Crippen molar-refractivity contribution >= 4 is 11.6 Å². The monoisotopic (exact) mass is 177 g/mol. The zero-order valence-electron chi connectivity index (χ0n) is 7.61. The van der Waals surface area contributed by atoms with E-state index in [0.717, 1.165) is 5.69 Å². The average Bonchev–Trinajstić information content (AvgIpc) is 2.18. The van der Waals surface area contributed by atoms with E-state index in [9.17, 15) is 4.79 Å². The van der Waals surface area contributed by atoms with Gasteiger partial charge in [0.1, 0.15) is 0 Å². The smallest absolute Gasteiger partial charge is 0.251 e. The number of carbonyl (C=O) groups excluding carboxylic acids is 1. The van der Waals surface area contributed by atoms with Crippen molar-refractivity contribution in [3.05, 3.63) is 29.8 Å². The van der Waals surface area contributed by atoms with Gasteiger partial charge in [-0.15, -0.1) is 0 Å². The molecule has 0 aliphatic rings. The topological polar surface area (TPSA) is 53.8 Å². The molecular weight excluding hydrogens is 166 g/mol. The molecule has 0 spiro atoms. The number of azo groups is 1. The van der Waals surface area contributed by atoms with E-state index in [1.165, 1.54) is 0 Å². The Morgan fingerprint density at radius 1 is 1.31 bits per heavy atom. The van der Waals surface area contributed by atoms with Crippen LogP contribution in [-0.4, -0.2) is 20.0 Å². The lowest BCUT2D eigenvalue weighted by Crippen LogP contribution is -2.17. The van der Waals surface area contributed by atoms with Crippen molar-refractivity contribution in [3.63, 3.8) is 0 Å². The minimum atomic E-state index is -0.0972. The Balaban J connectivity index is 2.87. The Morgan fingerprint density at radius 2 is 1.92 bits per heavy atom. The molecule has 1 amide bonds. The number of hydrogen-bond acceptors (Lipinski definition) is 3. The van der Waals surface area contributed by atoms with Crippen molar-refractivity contribution in [1.29, 1.82) is 0 Å². The summed E-state index contributed by atoms with van der Waals surface area (Å²) < 4.78 is 0. The molecule has 0 heterocycles. The second-order valence-corrected chi connectivity index (χ2v) is 2.43. The zero-order chi connectivity index (χ0) is 9.68. The molecule has 0 unspecified atom stereocenters. The molecule has 13 heavy (non-hydrogen) atoms. The fourth-order valence-corrected chi connectivity index (χ4v) is 0.939. The van der Waals surface area contributed by atoms with Crippen molar-refractivity contribution < 1.29 is 4.79 Å². The fraction of sp³-hybridized carbons (Fsp3) is 0.222. The zero-order valence-corrected chi connectivity index (χ0v) is 7.61. The van der Waals surface area contributed by atoms with E-state index in [4.69, 9.17) is 0 Å². The standard InChI is InChI=1S/C9H11N3O/c1-10-9(13)7-3-5-8(6-4-7)12-11-2/h3-6H,1-2H3,(H,10,13). The summed E-state index contributed by atoms with van der Waals surface area (Å²) in [5, 5.41) is 9.99. The molecule has 4 heteroatoms. The van der Waals surface area contributed by atoms with Gasteiger partial charge in [0.2, 0.25) is 0 Å². The highest BCUT2D eigenvalue weighted by atomic mass is 16.1. The Labute approximate surface area is 76.7 Å². The van der Waals surface area contributed by atoms with Gasteiger partial charge in [0.15, 0.2) is 0 Å². The number of hydrogen-bond donors (Lipinski definition) is 1. The molecule has 4 nitrogen and oxygen atoms in total. The van der Waals surface area contributed by atoms with Gasteiger partial charge in [-0.3, -0.25) is 4.79 Å². The van der Waals surface area contributed by atoms with E-state index in [0.29, 0.717) is 5.56 Å². The number of nitrogens with one attached hydrogen (secondary N) is 1. The highest BCUT2D eigenvalue weighted by Gasteiger charge is 2.00. The number of nitrogens with zero attached hydrogens (tertiary/aromatic N) is 2. The molecule has 0 saturated carbocycles. The Hall–Kier alpha value is -1.71. The number of benzene rings is 1. The van der Waals surface area contributed by atoms with E-state index in [2.05, 4.69) is 15.5 Å². The highest BCUT2D eigenvalue weighted by Crippen LogP contribution is 2.12. The summed E-state index contributed by atoms with van der Waals surface area (Å²) in [5.41, 5.74) is 1.37. The summed E-state index contributed by atoms with van der Waals surface area (Å²) in [7, 11) is 3.20. The van der Waals surface area contributed by atoms with Crippen LogP contribution in [0.5, 0.6) is 0 Å². The van der Waals surface area contributed by atoms with Crippen molar-refractivity contribution in [2.24, 2.45) is 10.2 Å². The second kappa shape index (κ2) is 4.35. The van der Waals surface area contributed by atoms with Crippen LogP contribution < -0.4 is 5.32 Å². The van der Waals surface area contributed by atoms with E-state index in [-0.39, 0.29) is 5.91 Å². The third-order valence-corrected chi connectivity index (χ3v) is 1.57. The van der Waals surface area contributed by atoms with Gasteiger partial charge in [-0.05, 0) is 24.3 Å². The summed E-state index contributed by atoms with van der Waals surface area (Å²) >= 11 is 0. The first kappa shape index (κ1) is 9.38. The van der Waals surface area contributed by atoms with Crippen LogP contribution in [0.1, 0.15) is 10.4 Å². The molecule has 1 aromatic carbocycles. The molecular formula is C9H11N3O. The summed E-state index contributed by atoms with van der Waals surface area (Å²) in [5.74, 6) is -0.0972. The largest absolute Gasteiger partial charge is 0.355 e. The van der Waals surface area contributed by atoms with Crippen LogP contribution in [-0.2, 0) is 0 Å². The molecule has 1 aromatic rings. The molecule has 0 bridgehead atoms. The van der Waals surface area contributed by atoms with Gasteiger partial charge in [-0.25, -0.2) is 0 Å². The van der Waals surface area contributed by atoms with Crippen LogP contribution in [0.3, 0.4) is 0 Å². The lowest BCUT2D eigenvalue weighted by Gasteiger charge is -1.98. The normalized spacial score (nSPS) is 10.3. The van der Waals surface area contributed by atoms with E-state index in [1.807, 2.05) is 0 Å². The molecule has 0 aromatic heterocycles. The van der Waals surface area contributed by atoms with Gasteiger partial charge in [-0.2, -0.15) is 10.2 Å². The Kier molecular flexibility index (Phi) is 3.14. The predicted molar refractivity (Wildman–Crippen MR) is 50.3 cm³/mol. The summed E-state index contributed by atoms with van der Waals surface area (Å²) in [6.45, 7) is 0. The van der Waals surface area contributed by atoms with Gasteiger partial charge in [0.05, 0.1) is 5.69 Å². The number of amides is 1. The maximum atomic E-state index is 11.1. The summed E-state index contributed by atoms with van der Waals surface area (Å²) in [6.07, 6.45) is 0.